The Bertz CT molecular complexity index is 758. The number of nitrogens with one attached hydrogen (secondary N) is 1. The molecule has 2 heterocycles. The molecule has 0 spiro atoms. The maximum absolute atomic E-state index is 11.9. The number of halogens is 1. The number of carbonyl (C=O) groups is 1. The van der Waals surface area contributed by atoms with Crippen LogP contribution in [-0.4, -0.2) is 32.7 Å². The van der Waals surface area contributed by atoms with Gasteiger partial charge in [0.15, 0.2) is 0 Å². The van der Waals surface area contributed by atoms with Gasteiger partial charge in [-0.3, -0.25) is 0 Å². The summed E-state index contributed by atoms with van der Waals surface area (Å²) in [4.78, 5) is 20.2. The summed E-state index contributed by atoms with van der Waals surface area (Å²) >= 11 is 8.26. The van der Waals surface area contributed by atoms with Crippen molar-refractivity contribution in [3.63, 3.8) is 0 Å². The third-order valence-electron chi connectivity index (χ3n) is 3.21. The van der Waals surface area contributed by atoms with Gasteiger partial charge in [-0.1, -0.05) is 0 Å². The molecular formula is C13H8AsClN4O. The summed E-state index contributed by atoms with van der Waals surface area (Å²) in [5.41, 5.74) is 0. The van der Waals surface area contributed by atoms with Gasteiger partial charge in [0.2, 0.25) is 0 Å². The molecule has 1 fully saturated rings. The van der Waals surface area contributed by atoms with Crippen LogP contribution in [0.3, 0.4) is 0 Å². The zero-order valence-electron chi connectivity index (χ0n) is 10.2. The van der Waals surface area contributed by atoms with Gasteiger partial charge in [-0.25, -0.2) is 0 Å². The second-order valence-electron chi connectivity index (χ2n) is 4.63. The van der Waals surface area contributed by atoms with Crippen LogP contribution < -0.4 is 9.80 Å². The summed E-state index contributed by atoms with van der Waals surface area (Å²) in [5, 5.41) is 13.6. The number of hydrogen-bond acceptors (Lipinski definition) is 4. The van der Waals surface area contributed by atoms with Crippen LogP contribution in [0.2, 0.25) is 5.15 Å². The summed E-state index contributed by atoms with van der Waals surface area (Å²) in [5.74, 6) is -0.0677. The Morgan fingerprint density at radius 2 is 2.35 bits per heavy atom. The Morgan fingerprint density at radius 1 is 1.55 bits per heavy atom. The topological polar surface area (TPSA) is 78.7 Å². The van der Waals surface area contributed by atoms with Crippen LogP contribution in [0, 0.1) is 23.2 Å². The molecule has 0 aliphatic heterocycles. The Hall–Kier alpha value is -1.63. The molecule has 0 bridgehead atoms. The van der Waals surface area contributed by atoms with Gasteiger partial charge >= 0.3 is 129 Å². The van der Waals surface area contributed by atoms with Crippen molar-refractivity contribution in [1.29, 1.82) is 5.26 Å². The molecule has 2 unspecified atom stereocenters. The van der Waals surface area contributed by atoms with Crippen LogP contribution in [0.25, 0.3) is 10.8 Å². The monoisotopic (exact) mass is 346 g/mol. The average Bonchev–Trinajstić information content (AvgIpc) is 3.17. The second kappa shape index (κ2) is 5.05. The molecule has 1 N–H and O–H groups in total. The van der Waals surface area contributed by atoms with Crippen LogP contribution in [0.15, 0.2) is 18.3 Å². The van der Waals surface area contributed by atoms with Crippen molar-refractivity contribution in [2.24, 2.45) is 11.8 Å². The molecular weight excluding hydrogens is 339 g/mol. The van der Waals surface area contributed by atoms with E-state index in [1.165, 1.54) is 0 Å². The molecule has 0 aromatic carbocycles. The van der Waals surface area contributed by atoms with Crippen molar-refractivity contribution in [2.45, 2.75) is 6.42 Å². The number of rotatable bonds is 2. The van der Waals surface area contributed by atoms with Crippen LogP contribution in [0.4, 0.5) is 5.82 Å². The van der Waals surface area contributed by atoms with E-state index in [1.807, 2.05) is 0 Å². The van der Waals surface area contributed by atoms with E-state index < -0.39 is 0 Å². The van der Waals surface area contributed by atoms with Crippen LogP contribution in [0.1, 0.15) is 6.42 Å². The molecule has 7 heteroatoms. The van der Waals surface area contributed by atoms with Crippen molar-refractivity contribution in [2.75, 3.05) is 5.32 Å². The molecule has 5 nitrogen and oxygen atoms in total. The van der Waals surface area contributed by atoms with E-state index in [0.29, 0.717) is 17.4 Å². The predicted molar refractivity (Wildman–Crippen MR) is 75.8 cm³/mol. The average molecular weight is 347 g/mol. The number of hydrogen-bond donors (Lipinski definition) is 1. The molecule has 0 saturated heterocycles. The number of aromatic nitrogens is 2. The van der Waals surface area contributed by atoms with Gasteiger partial charge in [0.05, 0.1) is 0 Å². The van der Waals surface area contributed by atoms with Crippen LogP contribution >= 0.6 is 11.6 Å². The van der Waals surface area contributed by atoms with E-state index in [1.54, 1.807) is 18.3 Å². The van der Waals surface area contributed by atoms with Gasteiger partial charge < -0.3 is 0 Å². The standard InChI is InChI=1S/C13H8AsClN4O/c14-12-9-5-17-11(3-6(9)2-10(15)18-12)19-13(20)8-1-7(8)4-16/h2-3,5,7-8H,1H2,(H,17,19,20). The zero-order chi connectivity index (χ0) is 14.3. The molecule has 1 aliphatic carbocycles. The second-order valence-corrected chi connectivity index (χ2v) is 5.90. The van der Waals surface area contributed by atoms with Gasteiger partial charge in [-0.2, -0.15) is 0 Å². The Labute approximate surface area is 128 Å². The molecule has 2 aromatic heterocycles. The van der Waals surface area contributed by atoms with Gasteiger partial charge in [0.1, 0.15) is 0 Å². The number of pyridine rings is 2. The van der Waals surface area contributed by atoms with Crippen LogP contribution in [-0.2, 0) is 4.79 Å². The molecule has 2 atom stereocenters. The maximum atomic E-state index is 11.9. The molecule has 1 amide bonds. The Balaban J connectivity index is 1.86. The van der Waals surface area contributed by atoms with Gasteiger partial charge in [0, 0.05) is 0 Å². The van der Waals surface area contributed by atoms with Crippen LogP contribution in [0.5, 0.6) is 0 Å². The summed E-state index contributed by atoms with van der Waals surface area (Å²) in [7, 11) is 0. The Morgan fingerprint density at radius 3 is 3.05 bits per heavy atom. The Kier molecular flexibility index (Phi) is 3.37. The van der Waals surface area contributed by atoms with E-state index in [0.717, 1.165) is 15.3 Å². The third kappa shape index (κ3) is 2.49. The number of nitrogens with zero attached hydrogens (tertiary/aromatic N) is 3. The summed E-state index contributed by atoms with van der Waals surface area (Å²) in [6.45, 7) is 0. The first kappa shape index (κ1) is 13.4. The quantitative estimate of drug-likeness (QED) is 0.654. The molecule has 1 saturated carbocycles. The number of amides is 1. The fraction of sp³-hybridized carbons (Fsp3) is 0.231. The normalized spacial score (nSPS) is 20.4. The fourth-order valence-electron chi connectivity index (χ4n) is 2.01. The van der Waals surface area contributed by atoms with E-state index in [-0.39, 0.29) is 17.7 Å². The van der Waals surface area contributed by atoms with Crippen molar-refractivity contribution in [1.82, 2.24) is 9.97 Å². The molecule has 3 rings (SSSR count). The number of anilines is 1. The minimum atomic E-state index is -0.211. The van der Waals surface area contributed by atoms with E-state index in [9.17, 15) is 4.79 Å². The van der Waals surface area contributed by atoms with E-state index in [2.05, 4.69) is 38.2 Å². The van der Waals surface area contributed by atoms with Crippen molar-refractivity contribution in [3.8, 4) is 6.07 Å². The first-order chi connectivity index (χ1) is 9.58. The summed E-state index contributed by atoms with van der Waals surface area (Å²) < 4.78 is 0.733. The molecule has 20 heavy (non-hydrogen) atoms. The van der Waals surface area contributed by atoms with Gasteiger partial charge in [-0.05, 0) is 0 Å². The third-order valence-corrected chi connectivity index (χ3v) is 4.12. The summed E-state index contributed by atoms with van der Waals surface area (Å²) in [6, 6.07) is 5.57. The minimum absolute atomic E-state index is 0.156. The van der Waals surface area contributed by atoms with E-state index >= 15 is 0 Å². The zero-order valence-corrected chi connectivity index (χ0v) is 12.8. The number of fused-ring (bicyclic) bond motifs is 1. The van der Waals surface area contributed by atoms with Crippen molar-refractivity contribution in [3.05, 3.63) is 23.5 Å². The number of carbonyl (C=O) groups excluding carboxylic acids is 1. The molecule has 2 aromatic rings. The van der Waals surface area contributed by atoms with Crippen molar-refractivity contribution >= 4 is 55.4 Å². The predicted octanol–water partition coefficient (Wildman–Crippen LogP) is 1.18. The first-order valence-electron chi connectivity index (χ1n) is 5.94. The van der Waals surface area contributed by atoms with Gasteiger partial charge in [-0.15, -0.1) is 0 Å². The van der Waals surface area contributed by atoms with Gasteiger partial charge in [0.25, 0.3) is 0 Å². The molecule has 98 valence electrons. The van der Waals surface area contributed by atoms with Crippen molar-refractivity contribution < 1.29 is 4.79 Å². The first-order valence-corrected chi connectivity index (χ1v) is 7.26. The molecule has 2 radical (unpaired) electrons. The SMILES string of the molecule is N#CC1CC1C(=O)Nc1cc2cc(Cl)nc([As])c2cn1. The summed E-state index contributed by atoms with van der Waals surface area (Å²) in [6.07, 6.45) is 2.28. The number of nitriles is 1. The molecule has 1 aliphatic rings. The van der Waals surface area contributed by atoms with E-state index in [4.69, 9.17) is 16.9 Å². The fourth-order valence-corrected chi connectivity index (χ4v) is 2.96.